The summed E-state index contributed by atoms with van der Waals surface area (Å²) in [6, 6.07) is 7.33. The van der Waals surface area contributed by atoms with E-state index in [4.69, 9.17) is 0 Å². The van der Waals surface area contributed by atoms with E-state index in [9.17, 15) is 19.7 Å². The molecule has 1 unspecified atom stereocenters. The topological polar surface area (TPSA) is 119 Å². The van der Waals surface area contributed by atoms with Crippen molar-refractivity contribution in [3.63, 3.8) is 0 Å². The molecule has 1 amide bonds. The molecule has 0 saturated carbocycles. The van der Waals surface area contributed by atoms with Gasteiger partial charge in [-0.05, 0) is 44.8 Å². The molecule has 0 bridgehead atoms. The molecule has 1 aliphatic rings. The van der Waals surface area contributed by atoms with E-state index in [-0.39, 0.29) is 29.5 Å². The fourth-order valence-corrected chi connectivity index (χ4v) is 3.17. The SMILES string of the molecule is Cc1cc(=O)c(C(=O)NCC2CCCNC2)nn1-c1ccccc1[N+](=O)[O-].Cl. The van der Waals surface area contributed by atoms with E-state index in [0.717, 1.165) is 25.9 Å². The fourth-order valence-electron chi connectivity index (χ4n) is 3.17. The Hall–Kier alpha value is -2.78. The second kappa shape index (κ2) is 9.43. The van der Waals surface area contributed by atoms with Crippen LogP contribution >= 0.6 is 12.4 Å². The number of carbonyl (C=O) groups excluding carboxylic acids is 1. The number of nitrogens with zero attached hydrogens (tertiary/aromatic N) is 3. The summed E-state index contributed by atoms with van der Waals surface area (Å²) in [7, 11) is 0. The number of nitrogens with one attached hydrogen (secondary N) is 2. The number of aromatic nitrogens is 2. The lowest BCUT2D eigenvalue weighted by atomic mass is 10.00. The van der Waals surface area contributed by atoms with Crippen molar-refractivity contribution in [1.29, 1.82) is 0 Å². The summed E-state index contributed by atoms with van der Waals surface area (Å²) < 4.78 is 1.26. The van der Waals surface area contributed by atoms with Gasteiger partial charge < -0.3 is 10.6 Å². The molecule has 0 aliphatic carbocycles. The molecule has 2 N–H and O–H groups in total. The molecule has 150 valence electrons. The van der Waals surface area contributed by atoms with Crippen molar-refractivity contribution in [3.05, 3.63) is 62.1 Å². The monoisotopic (exact) mass is 407 g/mol. The van der Waals surface area contributed by atoms with E-state index in [1.54, 1.807) is 19.1 Å². The number of aryl methyl sites for hydroxylation is 1. The van der Waals surface area contributed by atoms with Crippen molar-refractivity contribution in [2.75, 3.05) is 19.6 Å². The number of halogens is 1. The Morgan fingerprint density at radius 3 is 2.86 bits per heavy atom. The number of nitro benzene ring substituents is 1. The minimum Gasteiger partial charge on any atom is -0.350 e. The highest BCUT2D eigenvalue weighted by atomic mass is 35.5. The van der Waals surface area contributed by atoms with Crippen LogP contribution in [0.2, 0.25) is 0 Å². The molecule has 3 rings (SSSR count). The maximum atomic E-state index is 12.5. The van der Waals surface area contributed by atoms with Gasteiger partial charge in [0.05, 0.1) is 4.92 Å². The third-order valence-electron chi connectivity index (χ3n) is 4.58. The van der Waals surface area contributed by atoms with Crippen LogP contribution in [0.15, 0.2) is 35.1 Å². The van der Waals surface area contributed by atoms with Gasteiger partial charge in [-0.2, -0.15) is 5.10 Å². The Bertz CT molecular complexity index is 924. The second-order valence-corrected chi connectivity index (χ2v) is 6.58. The van der Waals surface area contributed by atoms with Gasteiger partial charge >= 0.3 is 0 Å². The van der Waals surface area contributed by atoms with E-state index in [1.165, 1.54) is 22.9 Å². The molecule has 2 heterocycles. The lowest BCUT2D eigenvalue weighted by molar-refractivity contribution is -0.384. The van der Waals surface area contributed by atoms with Gasteiger partial charge in [-0.15, -0.1) is 12.4 Å². The number of hydrogen-bond acceptors (Lipinski definition) is 6. The summed E-state index contributed by atoms with van der Waals surface area (Å²) >= 11 is 0. The van der Waals surface area contributed by atoms with Gasteiger partial charge in [0.15, 0.2) is 5.69 Å². The van der Waals surface area contributed by atoms with Gasteiger partial charge in [-0.1, -0.05) is 12.1 Å². The molecule has 0 spiro atoms. The zero-order chi connectivity index (χ0) is 19.4. The first-order chi connectivity index (χ1) is 13.0. The van der Waals surface area contributed by atoms with Crippen LogP contribution in [0.4, 0.5) is 5.69 Å². The number of nitro groups is 1. The van der Waals surface area contributed by atoms with Crippen LogP contribution in [-0.2, 0) is 0 Å². The first kappa shape index (κ1) is 21.5. The van der Waals surface area contributed by atoms with Gasteiger partial charge in [-0.25, -0.2) is 4.68 Å². The Balaban J connectivity index is 0.00000280. The van der Waals surface area contributed by atoms with Crippen molar-refractivity contribution < 1.29 is 9.72 Å². The largest absolute Gasteiger partial charge is 0.350 e. The molecule has 10 heteroatoms. The van der Waals surface area contributed by atoms with Gasteiger partial charge in [0.25, 0.3) is 11.6 Å². The zero-order valence-electron chi connectivity index (χ0n) is 15.4. The third-order valence-corrected chi connectivity index (χ3v) is 4.58. The number of benzene rings is 1. The predicted octanol–water partition coefficient (Wildman–Crippen LogP) is 1.60. The lowest BCUT2D eigenvalue weighted by Gasteiger charge is -2.22. The first-order valence-electron chi connectivity index (χ1n) is 8.81. The normalized spacial score (nSPS) is 16.1. The molecule has 1 aromatic carbocycles. The Kier molecular flexibility index (Phi) is 7.24. The van der Waals surface area contributed by atoms with Gasteiger partial charge in [0.1, 0.15) is 5.69 Å². The molecule has 1 aliphatic heterocycles. The average molecular weight is 408 g/mol. The van der Waals surface area contributed by atoms with Gasteiger partial charge in [-0.3, -0.25) is 19.7 Å². The third kappa shape index (κ3) is 4.73. The average Bonchev–Trinajstić information content (AvgIpc) is 2.67. The molecular formula is C18H22ClN5O4. The number of hydrogen-bond donors (Lipinski definition) is 2. The molecule has 0 radical (unpaired) electrons. The molecule has 1 aromatic heterocycles. The van der Waals surface area contributed by atoms with E-state index in [0.29, 0.717) is 18.2 Å². The van der Waals surface area contributed by atoms with Crippen LogP contribution in [0.5, 0.6) is 0 Å². The maximum absolute atomic E-state index is 12.5. The first-order valence-corrected chi connectivity index (χ1v) is 8.81. The minimum atomic E-state index is -0.571. The van der Waals surface area contributed by atoms with Crippen molar-refractivity contribution in [3.8, 4) is 5.69 Å². The summed E-state index contributed by atoms with van der Waals surface area (Å²) in [6.45, 7) is 3.86. The fraction of sp³-hybridized carbons (Fsp3) is 0.389. The standard InChI is InChI=1S/C18H21N5O4.ClH/c1-12-9-16(24)17(18(25)20-11-13-5-4-8-19-10-13)21-22(12)14-6-2-3-7-15(14)23(26)27;/h2-3,6-7,9,13,19H,4-5,8,10-11H2,1H3,(H,20,25);1H. The summed E-state index contributed by atoms with van der Waals surface area (Å²) in [4.78, 5) is 35.5. The number of para-hydroxylation sites is 2. The minimum absolute atomic E-state index is 0. The quantitative estimate of drug-likeness (QED) is 0.574. The second-order valence-electron chi connectivity index (χ2n) is 6.58. The molecule has 9 nitrogen and oxygen atoms in total. The Labute approximate surface area is 167 Å². The summed E-state index contributed by atoms with van der Waals surface area (Å²) in [5.41, 5.74) is -0.339. The summed E-state index contributed by atoms with van der Waals surface area (Å²) in [5, 5.41) is 21.4. The number of amides is 1. The molecule has 28 heavy (non-hydrogen) atoms. The van der Waals surface area contributed by atoms with Crippen LogP contribution in [0.25, 0.3) is 5.69 Å². The Morgan fingerprint density at radius 2 is 2.18 bits per heavy atom. The smallest absolute Gasteiger partial charge is 0.294 e. The molecule has 2 aromatic rings. The van der Waals surface area contributed by atoms with E-state index >= 15 is 0 Å². The van der Waals surface area contributed by atoms with Crippen LogP contribution in [0.3, 0.4) is 0 Å². The number of rotatable bonds is 5. The molecular weight excluding hydrogens is 386 g/mol. The van der Waals surface area contributed by atoms with Gasteiger partial charge in [0, 0.05) is 24.4 Å². The van der Waals surface area contributed by atoms with Crippen LogP contribution in [0.1, 0.15) is 29.0 Å². The maximum Gasteiger partial charge on any atom is 0.294 e. The highest BCUT2D eigenvalue weighted by Gasteiger charge is 2.21. The Morgan fingerprint density at radius 1 is 1.43 bits per heavy atom. The van der Waals surface area contributed by atoms with Crippen molar-refractivity contribution in [1.82, 2.24) is 20.4 Å². The number of carbonyl (C=O) groups is 1. The molecule has 1 fully saturated rings. The molecule has 1 saturated heterocycles. The number of piperidine rings is 1. The highest BCUT2D eigenvalue weighted by molar-refractivity contribution is 5.92. The van der Waals surface area contributed by atoms with Crippen molar-refractivity contribution in [2.24, 2.45) is 5.92 Å². The predicted molar refractivity (Wildman–Crippen MR) is 106 cm³/mol. The summed E-state index contributed by atoms with van der Waals surface area (Å²) in [6.07, 6.45) is 2.06. The highest BCUT2D eigenvalue weighted by Crippen LogP contribution is 2.22. The lowest BCUT2D eigenvalue weighted by Crippen LogP contribution is -2.40. The van der Waals surface area contributed by atoms with E-state index in [1.807, 2.05) is 0 Å². The van der Waals surface area contributed by atoms with Crippen LogP contribution < -0.4 is 16.1 Å². The van der Waals surface area contributed by atoms with Crippen molar-refractivity contribution in [2.45, 2.75) is 19.8 Å². The summed E-state index contributed by atoms with van der Waals surface area (Å²) in [5.74, 6) is -0.261. The van der Waals surface area contributed by atoms with Crippen LogP contribution in [-0.4, -0.2) is 40.2 Å². The van der Waals surface area contributed by atoms with Gasteiger partial charge in [0.2, 0.25) is 5.43 Å². The van der Waals surface area contributed by atoms with Crippen LogP contribution in [0, 0.1) is 23.0 Å². The zero-order valence-corrected chi connectivity index (χ0v) is 16.2. The van der Waals surface area contributed by atoms with E-state index in [2.05, 4.69) is 15.7 Å². The van der Waals surface area contributed by atoms with Crippen molar-refractivity contribution >= 4 is 24.0 Å². The van der Waals surface area contributed by atoms with E-state index < -0.39 is 16.3 Å². The molecule has 1 atom stereocenters.